The number of aryl methyl sites for hydroxylation is 1. The molecule has 1 fully saturated rings. The lowest BCUT2D eigenvalue weighted by atomic mass is 10.1. The van der Waals surface area contributed by atoms with Crippen molar-refractivity contribution in [3.63, 3.8) is 0 Å². The summed E-state index contributed by atoms with van der Waals surface area (Å²) in [5.41, 5.74) is 1.74. The summed E-state index contributed by atoms with van der Waals surface area (Å²) in [6.07, 6.45) is 5.54. The Morgan fingerprint density at radius 3 is 3.13 bits per heavy atom. The van der Waals surface area contributed by atoms with E-state index < -0.39 is 0 Å². The lowest BCUT2D eigenvalue weighted by Crippen LogP contribution is -2.38. The lowest BCUT2D eigenvalue weighted by molar-refractivity contribution is 0.0395. The molecule has 3 aromatic heterocycles. The standard InChI is InChI=1S/C16H16ClN5O/c1-21-9-11(8-19-21)14-10-22(5-6-23-14)15-7-13(17)12-3-2-4-18-16(12)20-15/h2-4,7-9,14H,5-6,10H2,1H3. The maximum atomic E-state index is 6.39. The smallest absolute Gasteiger partial charge is 0.163 e. The van der Waals surface area contributed by atoms with Gasteiger partial charge < -0.3 is 9.64 Å². The van der Waals surface area contributed by atoms with Gasteiger partial charge in [0.1, 0.15) is 11.9 Å². The summed E-state index contributed by atoms with van der Waals surface area (Å²) >= 11 is 6.39. The molecule has 0 N–H and O–H groups in total. The van der Waals surface area contributed by atoms with E-state index in [9.17, 15) is 0 Å². The zero-order chi connectivity index (χ0) is 15.8. The Labute approximate surface area is 138 Å². The fourth-order valence-electron chi connectivity index (χ4n) is 2.83. The summed E-state index contributed by atoms with van der Waals surface area (Å²) in [5.74, 6) is 0.832. The van der Waals surface area contributed by atoms with Gasteiger partial charge in [-0.15, -0.1) is 0 Å². The Bertz CT molecular complexity index is 849. The summed E-state index contributed by atoms with van der Waals surface area (Å²) < 4.78 is 7.66. The van der Waals surface area contributed by atoms with Crippen molar-refractivity contribution in [2.75, 3.05) is 24.6 Å². The molecule has 0 aliphatic carbocycles. The minimum Gasteiger partial charge on any atom is -0.370 e. The van der Waals surface area contributed by atoms with Crippen molar-refractivity contribution >= 4 is 28.5 Å². The number of ether oxygens (including phenoxy) is 1. The van der Waals surface area contributed by atoms with E-state index in [-0.39, 0.29) is 6.10 Å². The molecule has 4 heterocycles. The number of nitrogens with zero attached hydrogens (tertiary/aromatic N) is 5. The molecule has 0 bridgehead atoms. The van der Waals surface area contributed by atoms with Crippen molar-refractivity contribution < 1.29 is 4.74 Å². The van der Waals surface area contributed by atoms with E-state index in [0.717, 1.165) is 23.3 Å². The Balaban J connectivity index is 1.64. The van der Waals surface area contributed by atoms with Gasteiger partial charge in [0.2, 0.25) is 0 Å². The van der Waals surface area contributed by atoms with Crippen LogP contribution in [-0.4, -0.2) is 39.4 Å². The minimum absolute atomic E-state index is 0.0162. The van der Waals surface area contributed by atoms with Gasteiger partial charge >= 0.3 is 0 Å². The second kappa shape index (κ2) is 5.79. The first kappa shape index (κ1) is 14.4. The maximum Gasteiger partial charge on any atom is 0.163 e. The predicted molar refractivity (Wildman–Crippen MR) is 88.7 cm³/mol. The number of halogens is 1. The van der Waals surface area contributed by atoms with Crippen LogP contribution in [0.25, 0.3) is 11.0 Å². The molecule has 1 atom stereocenters. The molecule has 1 aliphatic heterocycles. The third-order valence-electron chi connectivity index (χ3n) is 4.01. The molecule has 118 valence electrons. The average molecular weight is 330 g/mol. The predicted octanol–water partition coefficient (Wildman–Crippen LogP) is 2.59. The largest absolute Gasteiger partial charge is 0.370 e. The number of fused-ring (bicyclic) bond motifs is 1. The molecule has 0 amide bonds. The molecular formula is C16H16ClN5O. The molecule has 6 nitrogen and oxygen atoms in total. The molecule has 0 saturated carbocycles. The lowest BCUT2D eigenvalue weighted by Gasteiger charge is -2.33. The number of anilines is 1. The van der Waals surface area contributed by atoms with E-state index in [4.69, 9.17) is 16.3 Å². The molecule has 23 heavy (non-hydrogen) atoms. The molecule has 1 saturated heterocycles. The van der Waals surface area contributed by atoms with E-state index in [2.05, 4.69) is 20.0 Å². The number of hydrogen-bond donors (Lipinski definition) is 0. The maximum absolute atomic E-state index is 6.39. The van der Waals surface area contributed by atoms with Gasteiger partial charge in [0.15, 0.2) is 5.65 Å². The normalized spacial score (nSPS) is 18.5. The highest BCUT2D eigenvalue weighted by molar-refractivity contribution is 6.35. The van der Waals surface area contributed by atoms with Crippen LogP contribution >= 0.6 is 11.6 Å². The third-order valence-corrected chi connectivity index (χ3v) is 4.32. The Hall–Kier alpha value is -2.18. The van der Waals surface area contributed by atoms with Crippen molar-refractivity contribution in [2.45, 2.75) is 6.10 Å². The molecule has 0 spiro atoms. The quantitative estimate of drug-likeness (QED) is 0.723. The zero-order valence-corrected chi connectivity index (χ0v) is 13.4. The molecule has 3 aromatic rings. The second-order valence-corrected chi connectivity index (χ2v) is 6.00. The molecule has 1 unspecified atom stereocenters. The first-order valence-electron chi connectivity index (χ1n) is 7.47. The van der Waals surface area contributed by atoms with Gasteiger partial charge in [-0.2, -0.15) is 5.10 Å². The van der Waals surface area contributed by atoms with Gasteiger partial charge in [-0.05, 0) is 12.1 Å². The van der Waals surface area contributed by atoms with Crippen LogP contribution in [0.5, 0.6) is 0 Å². The van der Waals surface area contributed by atoms with Crippen molar-refractivity contribution in [1.82, 2.24) is 19.7 Å². The molecule has 7 heteroatoms. The van der Waals surface area contributed by atoms with Crippen LogP contribution in [0.3, 0.4) is 0 Å². The number of rotatable bonds is 2. The van der Waals surface area contributed by atoms with Crippen LogP contribution in [0.1, 0.15) is 11.7 Å². The van der Waals surface area contributed by atoms with E-state index >= 15 is 0 Å². The Morgan fingerprint density at radius 1 is 1.39 bits per heavy atom. The summed E-state index contributed by atoms with van der Waals surface area (Å²) in [6.45, 7) is 2.13. The molecule has 4 rings (SSSR count). The van der Waals surface area contributed by atoms with Crippen molar-refractivity contribution in [1.29, 1.82) is 0 Å². The van der Waals surface area contributed by atoms with E-state index in [1.807, 2.05) is 37.6 Å². The molecule has 0 radical (unpaired) electrons. The molecular weight excluding hydrogens is 314 g/mol. The highest BCUT2D eigenvalue weighted by Gasteiger charge is 2.24. The fraction of sp³-hybridized carbons (Fsp3) is 0.312. The van der Waals surface area contributed by atoms with E-state index in [1.54, 1.807) is 10.9 Å². The fourth-order valence-corrected chi connectivity index (χ4v) is 3.08. The topological polar surface area (TPSA) is 56.1 Å². The van der Waals surface area contributed by atoms with E-state index in [1.165, 1.54) is 0 Å². The summed E-state index contributed by atoms with van der Waals surface area (Å²) in [4.78, 5) is 11.1. The van der Waals surface area contributed by atoms with Crippen LogP contribution in [-0.2, 0) is 11.8 Å². The van der Waals surface area contributed by atoms with E-state index in [0.29, 0.717) is 23.8 Å². The van der Waals surface area contributed by atoms with Crippen LogP contribution in [0.2, 0.25) is 5.02 Å². The highest BCUT2D eigenvalue weighted by atomic mass is 35.5. The summed E-state index contributed by atoms with van der Waals surface area (Å²) in [6, 6.07) is 5.69. The SMILES string of the molecule is Cn1cc(C2CN(c3cc(Cl)c4cccnc4n3)CCO2)cn1. The summed E-state index contributed by atoms with van der Waals surface area (Å²) in [7, 11) is 1.90. The first-order valence-corrected chi connectivity index (χ1v) is 7.85. The number of morpholine rings is 1. The molecule has 0 aromatic carbocycles. The van der Waals surface area contributed by atoms with Crippen molar-refractivity contribution in [3.05, 3.63) is 47.4 Å². The second-order valence-electron chi connectivity index (χ2n) is 5.59. The zero-order valence-electron chi connectivity index (χ0n) is 12.7. The Morgan fingerprint density at radius 2 is 2.30 bits per heavy atom. The van der Waals surface area contributed by atoms with Crippen molar-refractivity contribution in [2.24, 2.45) is 7.05 Å². The van der Waals surface area contributed by atoms with Gasteiger partial charge in [0.25, 0.3) is 0 Å². The first-order chi connectivity index (χ1) is 11.2. The van der Waals surface area contributed by atoms with Gasteiger partial charge in [0.05, 0.1) is 17.8 Å². The average Bonchev–Trinajstić information content (AvgIpc) is 3.01. The van der Waals surface area contributed by atoms with Gasteiger partial charge in [-0.3, -0.25) is 4.68 Å². The summed E-state index contributed by atoms with van der Waals surface area (Å²) in [5, 5.41) is 5.76. The molecule has 1 aliphatic rings. The van der Waals surface area contributed by atoms with Crippen LogP contribution < -0.4 is 4.90 Å². The van der Waals surface area contributed by atoms with Crippen LogP contribution in [0.15, 0.2) is 36.8 Å². The monoisotopic (exact) mass is 329 g/mol. The van der Waals surface area contributed by atoms with Crippen LogP contribution in [0, 0.1) is 0 Å². The highest BCUT2D eigenvalue weighted by Crippen LogP contribution is 2.29. The Kier molecular flexibility index (Phi) is 3.63. The number of hydrogen-bond acceptors (Lipinski definition) is 5. The van der Waals surface area contributed by atoms with Gasteiger partial charge in [0, 0.05) is 49.5 Å². The number of pyridine rings is 2. The van der Waals surface area contributed by atoms with Gasteiger partial charge in [-0.25, -0.2) is 9.97 Å². The third kappa shape index (κ3) is 2.75. The minimum atomic E-state index is -0.0162. The van der Waals surface area contributed by atoms with Gasteiger partial charge in [-0.1, -0.05) is 11.6 Å². The van der Waals surface area contributed by atoms with Crippen molar-refractivity contribution in [3.8, 4) is 0 Å². The van der Waals surface area contributed by atoms with Crippen LogP contribution in [0.4, 0.5) is 5.82 Å². The number of aromatic nitrogens is 4.